The van der Waals surface area contributed by atoms with Gasteiger partial charge in [-0.3, -0.25) is 0 Å². The minimum absolute atomic E-state index is 0.641. The molecule has 0 radical (unpaired) electrons. The van der Waals surface area contributed by atoms with Gasteiger partial charge in [0.25, 0.3) is 0 Å². The molecule has 0 bridgehead atoms. The zero-order valence-corrected chi connectivity index (χ0v) is 13.6. The number of rotatable bonds is 8. The van der Waals surface area contributed by atoms with E-state index in [1.807, 2.05) is 71.4 Å². The van der Waals surface area contributed by atoms with Crippen LogP contribution in [0.5, 0.6) is 5.75 Å². The molecule has 116 valence electrons. The fourth-order valence-corrected chi connectivity index (χ4v) is 1.64. The van der Waals surface area contributed by atoms with Gasteiger partial charge in [-0.05, 0) is 58.3 Å². The molecule has 1 aromatic carbocycles. The van der Waals surface area contributed by atoms with Crippen molar-refractivity contribution < 1.29 is 9.47 Å². The van der Waals surface area contributed by atoms with Gasteiger partial charge in [0.05, 0.1) is 0 Å². The highest BCUT2D eigenvalue weighted by molar-refractivity contribution is 5.46. The number of hydrogen-bond donors (Lipinski definition) is 1. The summed E-state index contributed by atoms with van der Waals surface area (Å²) < 4.78 is 11.6. The van der Waals surface area contributed by atoms with Crippen molar-refractivity contribution in [1.82, 2.24) is 4.90 Å². The molecule has 0 unspecified atom stereocenters. The summed E-state index contributed by atoms with van der Waals surface area (Å²) in [6.07, 6.45) is 3.85. The molecular weight excluding hydrogens is 264 g/mol. The summed E-state index contributed by atoms with van der Waals surface area (Å²) in [5, 5.41) is 3.08. The van der Waals surface area contributed by atoms with Crippen LogP contribution in [0.2, 0.25) is 0 Å². The third-order valence-electron chi connectivity index (χ3n) is 2.89. The first kappa shape index (κ1) is 17.1. The lowest BCUT2D eigenvalue weighted by molar-refractivity contribution is 0.173. The summed E-state index contributed by atoms with van der Waals surface area (Å²) in [6, 6.07) is 7.82. The maximum atomic E-state index is 5.90. The predicted octanol–water partition coefficient (Wildman–Crippen LogP) is 3.49. The molecule has 0 fully saturated rings. The van der Waals surface area contributed by atoms with Gasteiger partial charge >= 0.3 is 0 Å². The maximum Gasteiger partial charge on any atom is 0.164 e. The van der Waals surface area contributed by atoms with Gasteiger partial charge in [-0.2, -0.15) is 0 Å². The SMILES string of the molecule is C/C=C\C(Oc1ccc(NC)cc1)=C(/C)OCCN(C)C. The van der Waals surface area contributed by atoms with Crippen molar-refractivity contribution in [3.05, 3.63) is 47.9 Å². The van der Waals surface area contributed by atoms with Crippen molar-refractivity contribution >= 4 is 5.69 Å². The Kier molecular flexibility index (Phi) is 7.40. The molecular formula is C17H26N2O2. The van der Waals surface area contributed by atoms with Crippen LogP contribution in [-0.4, -0.2) is 39.2 Å². The Morgan fingerprint density at radius 1 is 1.24 bits per heavy atom. The van der Waals surface area contributed by atoms with Crippen LogP contribution in [-0.2, 0) is 4.74 Å². The van der Waals surface area contributed by atoms with E-state index in [1.165, 1.54) is 0 Å². The van der Waals surface area contributed by atoms with E-state index < -0.39 is 0 Å². The Balaban J connectivity index is 2.74. The number of nitrogens with one attached hydrogen (secondary N) is 1. The van der Waals surface area contributed by atoms with Gasteiger partial charge < -0.3 is 19.7 Å². The molecule has 0 saturated heterocycles. The molecule has 1 aromatic rings. The Labute approximate surface area is 128 Å². The molecule has 0 amide bonds. The van der Waals surface area contributed by atoms with Crippen LogP contribution in [0.3, 0.4) is 0 Å². The molecule has 0 aliphatic rings. The van der Waals surface area contributed by atoms with Crippen LogP contribution in [0.1, 0.15) is 13.8 Å². The van der Waals surface area contributed by atoms with E-state index in [0.717, 1.165) is 29.5 Å². The topological polar surface area (TPSA) is 33.7 Å². The number of anilines is 1. The lowest BCUT2D eigenvalue weighted by Crippen LogP contribution is -2.18. The maximum absolute atomic E-state index is 5.90. The number of nitrogens with zero attached hydrogens (tertiary/aromatic N) is 1. The third kappa shape index (κ3) is 6.36. The molecule has 21 heavy (non-hydrogen) atoms. The molecule has 0 aliphatic heterocycles. The Morgan fingerprint density at radius 2 is 1.90 bits per heavy atom. The van der Waals surface area contributed by atoms with Crippen molar-refractivity contribution in [1.29, 1.82) is 0 Å². The van der Waals surface area contributed by atoms with Crippen molar-refractivity contribution in [3.63, 3.8) is 0 Å². The second-order valence-corrected chi connectivity index (χ2v) is 4.95. The van der Waals surface area contributed by atoms with Crippen LogP contribution in [0.25, 0.3) is 0 Å². The van der Waals surface area contributed by atoms with E-state index >= 15 is 0 Å². The molecule has 1 rings (SSSR count). The molecule has 0 aliphatic carbocycles. The predicted molar refractivity (Wildman–Crippen MR) is 88.6 cm³/mol. The monoisotopic (exact) mass is 290 g/mol. The van der Waals surface area contributed by atoms with E-state index in [0.29, 0.717) is 6.61 Å². The van der Waals surface area contributed by atoms with Crippen LogP contribution < -0.4 is 10.1 Å². The highest BCUT2D eigenvalue weighted by Crippen LogP contribution is 2.20. The van der Waals surface area contributed by atoms with Gasteiger partial charge in [0.2, 0.25) is 0 Å². The van der Waals surface area contributed by atoms with Crippen molar-refractivity contribution in [2.45, 2.75) is 13.8 Å². The zero-order chi connectivity index (χ0) is 15.7. The second kappa shape index (κ2) is 9.08. The Bertz CT molecular complexity index is 476. The van der Waals surface area contributed by atoms with Gasteiger partial charge in [-0.25, -0.2) is 0 Å². The van der Waals surface area contributed by atoms with Gasteiger partial charge in [-0.1, -0.05) is 6.08 Å². The molecule has 4 nitrogen and oxygen atoms in total. The minimum Gasteiger partial charge on any atom is -0.493 e. The van der Waals surface area contributed by atoms with Crippen LogP contribution in [0.4, 0.5) is 5.69 Å². The molecule has 0 saturated carbocycles. The second-order valence-electron chi connectivity index (χ2n) is 4.95. The summed E-state index contributed by atoms with van der Waals surface area (Å²) in [5.41, 5.74) is 1.05. The number of hydrogen-bond acceptors (Lipinski definition) is 4. The highest BCUT2D eigenvalue weighted by atomic mass is 16.5. The van der Waals surface area contributed by atoms with Gasteiger partial charge in [0.15, 0.2) is 5.76 Å². The normalized spacial score (nSPS) is 12.5. The van der Waals surface area contributed by atoms with E-state index in [1.54, 1.807) is 0 Å². The molecule has 0 heterocycles. The number of allylic oxidation sites excluding steroid dienone is 3. The summed E-state index contributed by atoms with van der Waals surface area (Å²) in [6.45, 7) is 5.40. The smallest absolute Gasteiger partial charge is 0.164 e. The van der Waals surface area contributed by atoms with E-state index in [2.05, 4.69) is 10.2 Å². The molecule has 0 atom stereocenters. The summed E-state index contributed by atoms with van der Waals surface area (Å²) in [4.78, 5) is 2.08. The van der Waals surface area contributed by atoms with Gasteiger partial charge in [0.1, 0.15) is 18.1 Å². The first-order valence-electron chi connectivity index (χ1n) is 7.13. The molecule has 0 spiro atoms. The van der Waals surface area contributed by atoms with Gasteiger partial charge in [-0.15, -0.1) is 0 Å². The largest absolute Gasteiger partial charge is 0.493 e. The fourth-order valence-electron chi connectivity index (χ4n) is 1.64. The standard InChI is InChI=1S/C17H26N2O2/c1-6-7-17(14(2)20-13-12-19(4)5)21-16-10-8-15(18-3)9-11-16/h6-11,18H,12-13H2,1-5H3/b7-6-,17-14-. The summed E-state index contributed by atoms with van der Waals surface area (Å²) >= 11 is 0. The van der Waals surface area contributed by atoms with E-state index in [-0.39, 0.29) is 0 Å². The molecule has 0 aromatic heterocycles. The lowest BCUT2D eigenvalue weighted by Gasteiger charge is -2.14. The average Bonchev–Trinajstić information content (AvgIpc) is 2.47. The first-order chi connectivity index (χ1) is 10.1. The number of likely N-dealkylation sites (N-methyl/N-ethyl adjacent to an activating group) is 1. The van der Waals surface area contributed by atoms with Crippen LogP contribution in [0, 0.1) is 0 Å². The van der Waals surface area contributed by atoms with E-state index in [4.69, 9.17) is 9.47 Å². The number of benzene rings is 1. The van der Waals surface area contributed by atoms with Crippen molar-refractivity contribution in [2.24, 2.45) is 0 Å². The van der Waals surface area contributed by atoms with Crippen molar-refractivity contribution in [2.75, 3.05) is 39.6 Å². The summed E-state index contributed by atoms with van der Waals surface area (Å²) in [5.74, 6) is 2.30. The lowest BCUT2D eigenvalue weighted by atomic mass is 10.3. The molecule has 1 N–H and O–H groups in total. The average molecular weight is 290 g/mol. The minimum atomic E-state index is 0.641. The van der Waals surface area contributed by atoms with Crippen molar-refractivity contribution in [3.8, 4) is 5.75 Å². The van der Waals surface area contributed by atoms with Gasteiger partial charge in [0, 0.05) is 19.3 Å². The van der Waals surface area contributed by atoms with Crippen LogP contribution in [0.15, 0.2) is 47.9 Å². The number of ether oxygens (including phenoxy) is 2. The quantitative estimate of drug-likeness (QED) is 0.587. The fraction of sp³-hybridized carbons (Fsp3) is 0.412. The Hall–Kier alpha value is -1.94. The third-order valence-corrected chi connectivity index (χ3v) is 2.89. The highest BCUT2D eigenvalue weighted by Gasteiger charge is 2.04. The first-order valence-corrected chi connectivity index (χ1v) is 7.13. The summed E-state index contributed by atoms with van der Waals surface area (Å²) in [7, 11) is 5.94. The zero-order valence-electron chi connectivity index (χ0n) is 13.6. The van der Waals surface area contributed by atoms with E-state index in [9.17, 15) is 0 Å². The molecule has 4 heteroatoms. The Morgan fingerprint density at radius 3 is 2.43 bits per heavy atom. The van der Waals surface area contributed by atoms with Crippen LogP contribution >= 0.6 is 0 Å².